The Hall–Kier alpha value is -1.41. The van der Waals surface area contributed by atoms with E-state index in [1.807, 2.05) is 0 Å². The van der Waals surface area contributed by atoms with Crippen molar-refractivity contribution in [3.63, 3.8) is 0 Å². The second kappa shape index (κ2) is 6.48. The topological polar surface area (TPSA) is 48.1 Å². The fourth-order valence-corrected chi connectivity index (χ4v) is 3.33. The summed E-state index contributed by atoms with van der Waals surface area (Å²) in [6.07, 6.45) is 0.611. The zero-order chi connectivity index (χ0) is 17.4. The first-order valence-electron chi connectivity index (χ1n) is 8.17. The molecule has 3 rings (SSSR count). The van der Waals surface area contributed by atoms with Crippen LogP contribution in [0, 0.1) is 0 Å². The SMILES string of the molecule is O=c1[nH]cc(C2CNCCC2(F)F)cc1CN1CCC(F)(F)CC1. The monoisotopic (exact) mass is 347 g/mol. The minimum absolute atomic E-state index is 0.147. The van der Waals surface area contributed by atoms with E-state index in [1.165, 1.54) is 12.3 Å². The van der Waals surface area contributed by atoms with Crippen molar-refractivity contribution in [3.05, 3.63) is 33.7 Å². The number of aromatic amines is 1. The van der Waals surface area contributed by atoms with Crippen LogP contribution in [-0.2, 0) is 6.54 Å². The van der Waals surface area contributed by atoms with Gasteiger partial charge in [0.25, 0.3) is 17.4 Å². The molecule has 2 saturated heterocycles. The zero-order valence-corrected chi connectivity index (χ0v) is 13.3. The molecule has 2 aliphatic rings. The largest absolute Gasteiger partial charge is 0.329 e. The molecule has 0 bridgehead atoms. The highest BCUT2D eigenvalue weighted by Crippen LogP contribution is 2.37. The molecule has 0 aliphatic carbocycles. The maximum absolute atomic E-state index is 14.1. The van der Waals surface area contributed by atoms with Crippen LogP contribution < -0.4 is 10.9 Å². The maximum Gasteiger partial charge on any atom is 0.257 e. The van der Waals surface area contributed by atoms with E-state index in [4.69, 9.17) is 0 Å². The summed E-state index contributed by atoms with van der Waals surface area (Å²) in [5.41, 5.74) is 0.367. The van der Waals surface area contributed by atoms with Gasteiger partial charge in [-0.1, -0.05) is 0 Å². The van der Waals surface area contributed by atoms with Crippen molar-refractivity contribution in [1.82, 2.24) is 15.2 Å². The van der Waals surface area contributed by atoms with Crippen LogP contribution in [0.3, 0.4) is 0 Å². The van der Waals surface area contributed by atoms with Gasteiger partial charge in [-0.25, -0.2) is 17.6 Å². The number of hydrogen-bond donors (Lipinski definition) is 2. The van der Waals surface area contributed by atoms with E-state index in [0.29, 0.717) is 11.1 Å². The molecule has 24 heavy (non-hydrogen) atoms. The molecule has 1 atom stereocenters. The Morgan fingerprint density at radius 2 is 1.88 bits per heavy atom. The molecule has 2 aliphatic heterocycles. The molecule has 8 heteroatoms. The molecule has 0 spiro atoms. The van der Waals surface area contributed by atoms with Crippen LogP contribution in [0.2, 0.25) is 0 Å². The summed E-state index contributed by atoms with van der Waals surface area (Å²) < 4.78 is 54.6. The van der Waals surface area contributed by atoms with Crippen LogP contribution in [0.15, 0.2) is 17.1 Å². The first-order chi connectivity index (χ1) is 11.3. The number of hydrogen-bond acceptors (Lipinski definition) is 3. The van der Waals surface area contributed by atoms with Crippen LogP contribution in [0.5, 0.6) is 0 Å². The number of nitrogens with one attached hydrogen (secondary N) is 2. The molecule has 0 radical (unpaired) electrons. The number of pyridine rings is 1. The van der Waals surface area contributed by atoms with Gasteiger partial charge in [0.2, 0.25) is 0 Å². The molecule has 2 fully saturated rings. The van der Waals surface area contributed by atoms with Crippen molar-refractivity contribution in [2.24, 2.45) is 0 Å². The van der Waals surface area contributed by atoms with Crippen LogP contribution in [-0.4, -0.2) is 47.9 Å². The predicted molar refractivity (Wildman–Crippen MR) is 81.7 cm³/mol. The molecule has 0 aromatic carbocycles. The molecule has 1 aromatic rings. The third-order valence-electron chi connectivity index (χ3n) is 4.88. The predicted octanol–water partition coefficient (Wildman–Crippen LogP) is 2.32. The third kappa shape index (κ3) is 3.80. The highest BCUT2D eigenvalue weighted by Gasteiger charge is 2.42. The Balaban J connectivity index is 1.76. The molecule has 4 nitrogen and oxygen atoms in total. The number of likely N-dealkylation sites (tertiary alicyclic amines) is 1. The van der Waals surface area contributed by atoms with Gasteiger partial charge in [0.05, 0.1) is 5.92 Å². The number of alkyl halides is 4. The first-order valence-corrected chi connectivity index (χ1v) is 8.17. The van der Waals surface area contributed by atoms with Crippen LogP contribution >= 0.6 is 0 Å². The van der Waals surface area contributed by atoms with Gasteiger partial charge in [-0.15, -0.1) is 0 Å². The molecule has 2 N–H and O–H groups in total. The van der Waals surface area contributed by atoms with Crippen molar-refractivity contribution >= 4 is 0 Å². The minimum atomic E-state index is -2.83. The van der Waals surface area contributed by atoms with E-state index < -0.39 is 17.8 Å². The molecule has 0 amide bonds. The van der Waals surface area contributed by atoms with Crippen LogP contribution in [0.1, 0.15) is 36.3 Å². The van der Waals surface area contributed by atoms with Crippen LogP contribution in [0.4, 0.5) is 17.6 Å². The second-order valence-corrected chi connectivity index (χ2v) is 6.69. The normalized spacial score (nSPS) is 27.1. The van der Waals surface area contributed by atoms with Crippen molar-refractivity contribution in [3.8, 4) is 0 Å². The van der Waals surface area contributed by atoms with E-state index >= 15 is 0 Å². The van der Waals surface area contributed by atoms with Crippen molar-refractivity contribution in [2.75, 3.05) is 26.2 Å². The van der Waals surface area contributed by atoms with Gasteiger partial charge >= 0.3 is 0 Å². The summed E-state index contributed by atoms with van der Waals surface area (Å²) in [6.45, 7) is 0.997. The van der Waals surface area contributed by atoms with E-state index in [2.05, 4.69) is 10.3 Å². The molecule has 0 saturated carbocycles. The third-order valence-corrected chi connectivity index (χ3v) is 4.88. The molecule has 134 valence electrons. The van der Waals surface area contributed by atoms with Gasteiger partial charge < -0.3 is 10.3 Å². The first kappa shape index (κ1) is 17.4. The van der Waals surface area contributed by atoms with E-state index in [-0.39, 0.29) is 57.5 Å². The Kier molecular flexibility index (Phi) is 4.70. The number of H-pyrrole nitrogens is 1. The van der Waals surface area contributed by atoms with Crippen LogP contribution in [0.25, 0.3) is 0 Å². The lowest BCUT2D eigenvalue weighted by molar-refractivity contribution is -0.0569. The maximum atomic E-state index is 14.1. The molecule has 1 unspecified atom stereocenters. The van der Waals surface area contributed by atoms with E-state index in [9.17, 15) is 22.4 Å². The highest BCUT2D eigenvalue weighted by atomic mass is 19.3. The quantitative estimate of drug-likeness (QED) is 0.825. The molecular weight excluding hydrogens is 326 g/mol. The number of nitrogens with zero attached hydrogens (tertiary/aromatic N) is 1. The molecule has 3 heterocycles. The van der Waals surface area contributed by atoms with Crippen molar-refractivity contribution in [1.29, 1.82) is 0 Å². The average Bonchev–Trinajstić information content (AvgIpc) is 2.51. The lowest BCUT2D eigenvalue weighted by Gasteiger charge is -2.33. The zero-order valence-electron chi connectivity index (χ0n) is 13.3. The number of aromatic nitrogens is 1. The molecular formula is C16H21F4N3O. The Morgan fingerprint density at radius 1 is 1.17 bits per heavy atom. The highest BCUT2D eigenvalue weighted by molar-refractivity contribution is 5.25. The fraction of sp³-hybridized carbons (Fsp3) is 0.688. The van der Waals surface area contributed by atoms with Gasteiger partial charge in [0.15, 0.2) is 0 Å². The fourth-order valence-electron chi connectivity index (χ4n) is 3.33. The van der Waals surface area contributed by atoms with Crippen molar-refractivity contribution in [2.45, 2.75) is 43.6 Å². The molecule has 1 aromatic heterocycles. The smallest absolute Gasteiger partial charge is 0.257 e. The summed E-state index contributed by atoms with van der Waals surface area (Å²) in [4.78, 5) is 16.3. The minimum Gasteiger partial charge on any atom is -0.329 e. The van der Waals surface area contributed by atoms with Gasteiger partial charge in [0, 0.05) is 63.7 Å². The summed E-state index contributed by atoms with van der Waals surface area (Å²) in [6, 6.07) is 1.50. The standard InChI is InChI=1S/C16H21F4N3O/c17-15(18)2-5-23(6-3-15)10-12-7-11(8-22-14(12)24)13-9-21-4-1-16(13,19)20/h7-8,13,21H,1-6,9-10H2,(H,22,24). The van der Waals surface area contributed by atoms with E-state index in [1.54, 1.807) is 4.90 Å². The lowest BCUT2D eigenvalue weighted by atomic mass is 9.88. The Labute approximate surface area is 137 Å². The van der Waals surface area contributed by atoms with Crippen molar-refractivity contribution < 1.29 is 17.6 Å². The van der Waals surface area contributed by atoms with Gasteiger partial charge in [0.1, 0.15) is 0 Å². The Bertz CT molecular complexity index is 636. The number of piperidine rings is 2. The number of halogens is 4. The lowest BCUT2D eigenvalue weighted by Crippen LogP contribution is -2.43. The van der Waals surface area contributed by atoms with Gasteiger partial charge in [-0.3, -0.25) is 9.69 Å². The van der Waals surface area contributed by atoms with Gasteiger partial charge in [-0.2, -0.15) is 0 Å². The average molecular weight is 347 g/mol. The number of rotatable bonds is 3. The summed E-state index contributed by atoms with van der Waals surface area (Å²) in [7, 11) is 0. The van der Waals surface area contributed by atoms with E-state index in [0.717, 1.165) is 0 Å². The second-order valence-electron chi connectivity index (χ2n) is 6.69. The summed E-state index contributed by atoms with van der Waals surface area (Å²) in [5.74, 6) is -6.47. The summed E-state index contributed by atoms with van der Waals surface area (Å²) in [5, 5.41) is 2.95. The Morgan fingerprint density at radius 3 is 2.54 bits per heavy atom. The van der Waals surface area contributed by atoms with Gasteiger partial charge in [-0.05, 0) is 11.6 Å². The summed E-state index contributed by atoms with van der Waals surface area (Å²) >= 11 is 0.